The Morgan fingerprint density at radius 1 is 0.900 bits per heavy atom. The van der Waals surface area contributed by atoms with E-state index in [4.69, 9.17) is 0 Å². The summed E-state index contributed by atoms with van der Waals surface area (Å²) in [6.45, 7) is 4.59. The van der Waals surface area contributed by atoms with Gasteiger partial charge in [0.2, 0.25) is 0 Å². The molecule has 0 unspecified atom stereocenters. The van der Waals surface area contributed by atoms with Crippen LogP contribution in [0.25, 0.3) is 0 Å². The summed E-state index contributed by atoms with van der Waals surface area (Å²) in [5, 5.41) is 0. The fourth-order valence-electron chi connectivity index (χ4n) is 1.03. The second kappa shape index (κ2) is 12.5. The average Bonchev–Trinajstić information content (AvgIpc) is 1.89. The third-order valence-electron chi connectivity index (χ3n) is 1.71. The van der Waals surface area contributed by atoms with Crippen molar-refractivity contribution in [1.82, 2.24) is 0 Å². The van der Waals surface area contributed by atoms with E-state index in [-0.39, 0.29) is 28.6 Å². The first-order valence-electron chi connectivity index (χ1n) is 4.41. The Morgan fingerprint density at radius 2 is 1.30 bits per heavy atom. The molecule has 0 saturated carbocycles. The third kappa shape index (κ3) is 11.6. The van der Waals surface area contributed by atoms with Crippen molar-refractivity contribution in [2.24, 2.45) is 0 Å². The second-order valence-corrected chi connectivity index (χ2v) is 8.82. The van der Waals surface area contributed by atoms with Gasteiger partial charge in [0, 0.05) is 0 Å². The van der Waals surface area contributed by atoms with Crippen LogP contribution in [0.2, 0.25) is 8.87 Å². The van der Waals surface area contributed by atoms with Gasteiger partial charge >= 0.3 is 69.5 Å². The molecule has 0 atom stereocenters. The van der Waals surface area contributed by atoms with Gasteiger partial charge in [-0.05, 0) is 0 Å². The minimum absolute atomic E-state index is 0. The standard InChI is InChI=1S/2C4H9.CH4.Sn.2H/c2*1-3-4-2;;;;/h2*1,3-4H2,2H3;1H4;;;. The van der Waals surface area contributed by atoms with E-state index in [1.54, 1.807) is 8.87 Å². The van der Waals surface area contributed by atoms with Crippen LogP contribution in [0.3, 0.4) is 0 Å². The summed E-state index contributed by atoms with van der Waals surface area (Å²) in [4.78, 5) is 0. The number of hydrogen-bond donors (Lipinski definition) is 0. The van der Waals surface area contributed by atoms with Gasteiger partial charge < -0.3 is 0 Å². The topological polar surface area (TPSA) is 0 Å². The monoisotopic (exact) mass is 252 g/mol. The van der Waals surface area contributed by atoms with E-state index in [2.05, 4.69) is 13.8 Å². The normalized spacial score (nSPS) is 9.00. The van der Waals surface area contributed by atoms with Gasteiger partial charge in [0.25, 0.3) is 0 Å². The number of rotatable bonds is 6. The molecule has 0 aromatic carbocycles. The summed E-state index contributed by atoms with van der Waals surface area (Å²) in [6.07, 6.45) is 5.89. The fourth-order valence-corrected chi connectivity index (χ4v) is 6.91. The van der Waals surface area contributed by atoms with Crippen LogP contribution in [-0.2, 0) is 0 Å². The van der Waals surface area contributed by atoms with Gasteiger partial charge in [0.1, 0.15) is 0 Å². The summed E-state index contributed by atoms with van der Waals surface area (Å²) >= 11 is -0.159. The summed E-state index contributed by atoms with van der Waals surface area (Å²) < 4.78 is 3.33. The molecule has 1 heteroatoms. The van der Waals surface area contributed by atoms with Crippen LogP contribution in [0.4, 0.5) is 0 Å². The van der Waals surface area contributed by atoms with E-state index in [0.29, 0.717) is 0 Å². The Hall–Kier alpha value is 0.799. The molecule has 0 aromatic heterocycles. The molecule has 0 fully saturated rings. The molecule has 0 spiro atoms. The van der Waals surface area contributed by atoms with Gasteiger partial charge in [-0.1, -0.05) is 7.43 Å². The Kier molecular flexibility index (Phi) is 16.7. The van der Waals surface area contributed by atoms with E-state index in [1.807, 2.05) is 0 Å². The molecule has 0 N–H and O–H groups in total. The van der Waals surface area contributed by atoms with Crippen molar-refractivity contribution in [1.29, 1.82) is 0 Å². The molecule has 0 aliphatic carbocycles. The van der Waals surface area contributed by atoms with E-state index < -0.39 is 0 Å². The van der Waals surface area contributed by atoms with Crippen molar-refractivity contribution in [3.05, 3.63) is 0 Å². The molecule has 0 radical (unpaired) electrons. The van der Waals surface area contributed by atoms with Gasteiger partial charge in [-0.3, -0.25) is 0 Å². The summed E-state index contributed by atoms with van der Waals surface area (Å²) in [5.41, 5.74) is 0. The molecule has 0 aliphatic rings. The Labute approximate surface area is 77.0 Å². The first-order valence-corrected chi connectivity index (χ1v) is 10.1. The van der Waals surface area contributed by atoms with E-state index in [9.17, 15) is 0 Å². The summed E-state index contributed by atoms with van der Waals surface area (Å²) in [5.74, 6) is 0. The van der Waals surface area contributed by atoms with Gasteiger partial charge in [-0.2, -0.15) is 0 Å². The Balaban J connectivity index is 0. The average molecular weight is 251 g/mol. The first kappa shape index (κ1) is 13.4. The zero-order valence-electron chi connectivity index (χ0n) is 6.95. The molecule has 0 bridgehead atoms. The van der Waals surface area contributed by atoms with E-state index in [1.165, 1.54) is 25.7 Å². The number of hydrogen-bond acceptors (Lipinski definition) is 0. The summed E-state index contributed by atoms with van der Waals surface area (Å²) in [6, 6.07) is 0. The van der Waals surface area contributed by atoms with Crippen LogP contribution in [0.1, 0.15) is 47.0 Å². The van der Waals surface area contributed by atoms with Gasteiger partial charge in [-0.15, -0.1) is 0 Å². The van der Waals surface area contributed by atoms with Crippen molar-refractivity contribution < 1.29 is 0 Å². The first-order chi connectivity index (χ1) is 4.41. The van der Waals surface area contributed by atoms with Gasteiger partial charge in [0.15, 0.2) is 0 Å². The van der Waals surface area contributed by atoms with Crippen LogP contribution < -0.4 is 0 Å². The Bertz CT molecular complexity index is 38.0. The van der Waals surface area contributed by atoms with Crippen molar-refractivity contribution in [2.75, 3.05) is 0 Å². The molecular weight excluding hydrogens is 227 g/mol. The van der Waals surface area contributed by atoms with Crippen molar-refractivity contribution in [2.45, 2.75) is 55.8 Å². The van der Waals surface area contributed by atoms with Crippen LogP contribution in [0.15, 0.2) is 0 Å². The predicted molar refractivity (Wildman–Crippen MR) is 54.7 cm³/mol. The van der Waals surface area contributed by atoms with Gasteiger partial charge in [0.05, 0.1) is 0 Å². The molecule has 0 aromatic rings. The third-order valence-corrected chi connectivity index (χ3v) is 7.42. The van der Waals surface area contributed by atoms with E-state index in [0.717, 1.165) is 0 Å². The zero-order chi connectivity index (χ0) is 6.95. The summed E-state index contributed by atoms with van der Waals surface area (Å²) in [7, 11) is 0. The maximum atomic E-state index is 2.30. The van der Waals surface area contributed by atoms with E-state index >= 15 is 0 Å². The SMILES string of the molecule is C.CCC[CH2][SnH2][CH2]CCC. The molecule has 64 valence electrons. The number of unbranched alkanes of at least 4 members (excludes halogenated alkanes) is 2. The molecule has 0 rings (SSSR count). The quantitative estimate of drug-likeness (QED) is 0.502. The Morgan fingerprint density at radius 3 is 1.60 bits per heavy atom. The second-order valence-electron chi connectivity index (χ2n) is 2.77. The predicted octanol–water partition coefficient (Wildman–Crippen LogP) is 3.23. The molecule has 0 nitrogen and oxygen atoms in total. The van der Waals surface area contributed by atoms with Crippen LogP contribution in [-0.4, -0.2) is 21.1 Å². The van der Waals surface area contributed by atoms with Crippen LogP contribution in [0, 0.1) is 0 Å². The molecule has 0 heterocycles. The minimum atomic E-state index is -0.159. The van der Waals surface area contributed by atoms with Gasteiger partial charge in [-0.25, -0.2) is 0 Å². The van der Waals surface area contributed by atoms with Crippen LogP contribution >= 0.6 is 0 Å². The van der Waals surface area contributed by atoms with Crippen molar-refractivity contribution in [3.8, 4) is 0 Å². The maximum absolute atomic E-state index is 2.30. The molecule has 0 amide bonds. The molecule has 0 aliphatic heterocycles. The van der Waals surface area contributed by atoms with Crippen molar-refractivity contribution in [3.63, 3.8) is 0 Å². The fraction of sp³-hybridized carbons (Fsp3) is 1.00. The van der Waals surface area contributed by atoms with Crippen molar-refractivity contribution >= 4 is 21.1 Å². The molecular formula is C9H24Sn. The van der Waals surface area contributed by atoms with Crippen LogP contribution in [0.5, 0.6) is 0 Å². The zero-order valence-corrected chi connectivity index (χ0v) is 11.0. The molecule has 10 heavy (non-hydrogen) atoms. The molecule has 0 saturated heterocycles.